The van der Waals surface area contributed by atoms with Gasteiger partial charge in [-0.15, -0.1) is 11.3 Å². The van der Waals surface area contributed by atoms with Crippen molar-refractivity contribution in [3.05, 3.63) is 68.3 Å². The molecule has 3 rings (SSSR count). The van der Waals surface area contributed by atoms with E-state index in [1.165, 1.54) is 11.3 Å². The molecule has 132 valence electrons. The van der Waals surface area contributed by atoms with Crippen LogP contribution in [0.25, 0.3) is 11.3 Å². The molecule has 0 atom stereocenters. The van der Waals surface area contributed by atoms with E-state index in [-0.39, 0.29) is 0 Å². The number of ether oxygens (including phenoxy) is 1. The largest absolute Gasteiger partial charge is 0.452 e. The van der Waals surface area contributed by atoms with Crippen LogP contribution in [-0.2, 0) is 9.53 Å². The predicted octanol–water partition coefficient (Wildman–Crippen LogP) is 0.982. The monoisotopic (exact) mass is 372 g/mol. The molecule has 10 heteroatoms. The second-order valence-electron chi connectivity index (χ2n) is 5.01. The van der Waals surface area contributed by atoms with Gasteiger partial charge in [0.25, 0.3) is 11.5 Å². The van der Waals surface area contributed by atoms with Gasteiger partial charge >= 0.3 is 11.7 Å². The first-order valence-corrected chi connectivity index (χ1v) is 8.21. The molecule has 9 nitrogen and oxygen atoms in total. The number of nitrogens with one attached hydrogen (secondary N) is 3. The summed E-state index contributed by atoms with van der Waals surface area (Å²) in [5.41, 5.74) is -0.428. The van der Waals surface area contributed by atoms with Gasteiger partial charge in [0.1, 0.15) is 5.56 Å². The molecule has 0 saturated carbocycles. The molecule has 26 heavy (non-hydrogen) atoms. The summed E-state index contributed by atoms with van der Waals surface area (Å²) >= 11 is 1.23. The lowest BCUT2D eigenvalue weighted by atomic mass is 10.2. The van der Waals surface area contributed by atoms with Crippen LogP contribution in [0.1, 0.15) is 10.4 Å². The van der Waals surface area contributed by atoms with Crippen LogP contribution in [0.2, 0.25) is 0 Å². The molecule has 0 bridgehead atoms. The Morgan fingerprint density at radius 1 is 1.19 bits per heavy atom. The molecule has 1 aromatic carbocycles. The molecule has 2 aromatic heterocycles. The molecule has 1 amide bonds. The van der Waals surface area contributed by atoms with Crippen molar-refractivity contribution in [2.45, 2.75) is 0 Å². The molecule has 0 fully saturated rings. The van der Waals surface area contributed by atoms with Crippen molar-refractivity contribution in [2.24, 2.45) is 0 Å². The third-order valence-corrected chi connectivity index (χ3v) is 3.95. The zero-order valence-electron chi connectivity index (χ0n) is 13.1. The average molecular weight is 372 g/mol. The lowest BCUT2D eigenvalue weighted by molar-refractivity contribution is -0.119. The Bertz CT molecular complexity index is 1050. The fraction of sp³-hybridized carbons (Fsp3) is 0.0625. The van der Waals surface area contributed by atoms with Crippen molar-refractivity contribution in [1.29, 1.82) is 0 Å². The van der Waals surface area contributed by atoms with Crippen LogP contribution < -0.4 is 16.6 Å². The van der Waals surface area contributed by atoms with Gasteiger partial charge in [-0.3, -0.25) is 19.9 Å². The Labute approximate surface area is 149 Å². The van der Waals surface area contributed by atoms with Crippen molar-refractivity contribution >= 4 is 28.3 Å². The molecule has 0 radical (unpaired) electrons. The molecule has 0 saturated heterocycles. The number of aromatic amines is 2. The van der Waals surface area contributed by atoms with Crippen molar-refractivity contribution in [3.63, 3.8) is 0 Å². The molecule has 2 heterocycles. The van der Waals surface area contributed by atoms with E-state index < -0.39 is 35.3 Å². The summed E-state index contributed by atoms with van der Waals surface area (Å²) < 4.78 is 4.76. The van der Waals surface area contributed by atoms with Crippen LogP contribution in [0.15, 0.2) is 51.5 Å². The van der Waals surface area contributed by atoms with E-state index in [2.05, 4.69) is 15.3 Å². The van der Waals surface area contributed by atoms with Gasteiger partial charge in [0.05, 0.1) is 5.69 Å². The average Bonchev–Trinajstić information content (AvgIpc) is 3.09. The summed E-state index contributed by atoms with van der Waals surface area (Å²) in [6, 6.07) is 9.43. The van der Waals surface area contributed by atoms with Crippen molar-refractivity contribution in [2.75, 3.05) is 11.9 Å². The van der Waals surface area contributed by atoms with Crippen LogP contribution in [0.3, 0.4) is 0 Å². The number of aromatic nitrogens is 3. The van der Waals surface area contributed by atoms with Gasteiger partial charge in [-0.2, -0.15) is 0 Å². The van der Waals surface area contributed by atoms with Crippen LogP contribution in [0.5, 0.6) is 0 Å². The Kier molecular flexibility index (Phi) is 5.04. The van der Waals surface area contributed by atoms with E-state index in [1.807, 2.05) is 35.3 Å². The smallest absolute Gasteiger partial charge is 0.345 e. The van der Waals surface area contributed by atoms with Gasteiger partial charge in [0, 0.05) is 17.1 Å². The van der Waals surface area contributed by atoms with E-state index >= 15 is 0 Å². The Morgan fingerprint density at radius 2 is 1.96 bits per heavy atom. The second kappa shape index (κ2) is 7.57. The number of H-pyrrole nitrogens is 2. The topological polar surface area (TPSA) is 134 Å². The second-order valence-corrected chi connectivity index (χ2v) is 5.87. The zero-order chi connectivity index (χ0) is 18.5. The van der Waals surface area contributed by atoms with Crippen molar-refractivity contribution < 1.29 is 14.3 Å². The molecule has 3 aromatic rings. The highest BCUT2D eigenvalue weighted by Gasteiger charge is 2.15. The number of hydrogen-bond donors (Lipinski definition) is 3. The summed E-state index contributed by atoms with van der Waals surface area (Å²) in [7, 11) is 0. The van der Waals surface area contributed by atoms with Gasteiger partial charge in [-0.25, -0.2) is 14.6 Å². The van der Waals surface area contributed by atoms with E-state index in [9.17, 15) is 19.2 Å². The van der Waals surface area contributed by atoms with E-state index in [0.717, 1.165) is 11.8 Å². The standard InChI is InChI=1S/C16H12N4O5S/c21-12(7-25-14(23)10-6-17-15(24)20-13(10)22)19-16-18-11(8-26-16)9-4-2-1-3-5-9/h1-6,8H,7H2,(H,18,19,21)(H2,17,20,22,24). The molecule has 0 aliphatic rings. The molecule has 0 aliphatic carbocycles. The number of hydrogen-bond acceptors (Lipinski definition) is 7. The van der Waals surface area contributed by atoms with Gasteiger partial charge in [-0.1, -0.05) is 30.3 Å². The number of nitrogens with zero attached hydrogens (tertiary/aromatic N) is 1. The van der Waals surface area contributed by atoms with Gasteiger partial charge in [-0.05, 0) is 0 Å². The number of rotatable bonds is 5. The first-order valence-electron chi connectivity index (χ1n) is 7.33. The van der Waals surface area contributed by atoms with Crippen molar-refractivity contribution in [1.82, 2.24) is 15.0 Å². The fourth-order valence-electron chi connectivity index (χ4n) is 2.00. The van der Waals surface area contributed by atoms with Crippen molar-refractivity contribution in [3.8, 4) is 11.3 Å². The predicted molar refractivity (Wildman–Crippen MR) is 94.1 cm³/mol. The Hall–Kier alpha value is -3.53. The number of esters is 1. The summed E-state index contributed by atoms with van der Waals surface area (Å²) in [6.07, 6.45) is 0.925. The normalized spacial score (nSPS) is 10.3. The number of amides is 1. The lowest BCUT2D eigenvalue weighted by Crippen LogP contribution is -2.29. The third kappa shape index (κ3) is 4.11. The number of carbonyl (C=O) groups excluding carboxylic acids is 2. The summed E-state index contributed by atoms with van der Waals surface area (Å²) in [5, 5.41) is 4.65. The molecule has 0 spiro atoms. The van der Waals surface area contributed by atoms with E-state index in [4.69, 9.17) is 4.74 Å². The van der Waals surface area contributed by atoms with Gasteiger partial charge in [0.2, 0.25) is 0 Å². The number of benzene rings is 1. The van der Waals surface area contributed by atoms with Gasteiger partial charge in [0.15, 0.2) is 11.7 Å². The third-order valence-electron chi connectivity index (χ3n) is 3.19. The quantitative estimate of drug-likeness (QED) is 0.572. The zero-order valence-corrected chi connectivity index (χ0v) is 14.0. The minimum atomic E-state index is -1.03. The maximum Gasteiger partial charge on any atom is 0.345 e. The molecule has 0 aliphatic heterocycles. The van der Waals surface area contributed by atoms with E-state index in [0.29, 0.717) is 10.8 Å². The summed E-state index contributed by atoms with van der Waals surface area (Å²) in [5.74, 6) is -1.63. The maximum atomic E-state index is 11.9. The van der Waals surface area contributed by atoms with Crippen LogP contribution >= 0.6 is 11.3 Å². The molecule has 0 unspecified atom stereocenters. The molecular weight excluding hydrogens is 360 g/mol. The van der Waals surface area contributed by atoms with Crippen LogP contribution in [0.4, 0.5) is 5.13 Å². The fourth-order valence-corrected chi connectivity index (χ4v) is 2.73. The minimum absolute atomic E-state index is 0.354. The highest BCUT2D eigenvalue weighted by atomic mass is 32.1. The summed E-state index contributed by atoms with van der Waals surface area (Å²) in [4.78, 5) is 54.3. The first-order chi connectivity index (χ1) is 12.5. The first kappa shape index (κ1) is 17.3. The Balaban J connectivity index is 1.58. The Morgan fingerprint density at radius 3 is 2.69 bits per heavy atom. The highest BCUT2D eigenvalue weighted by Crippen LogP contribution is 2.24. The minimum Gasteiger partial charge on any atom is -0.452 e. The highest BCUT2D eigenvalue weighted by molar-refractivity contribution is 7.14. The molecular formula is C16H12N4O5S. The number of carbonyl (C=O) groups is 2. The maximum absolute atomic E-state index is 11.9. The van der Waals surface area contributed by atoms with Crippen LogP contribution in [0, 0.1) is 0 Å². The SMILES string of the molecule is O=C(COC(=O)c1c[nH]c(=O)[nH]c1=O)Nc1nc(-c2ccccc2)cs1. The summed E-state index contributed by atoms with van der Waals surface area (Å²) in [6.45, 7) is -0.600. The molecule has 3 N–H and O–H groups in total. The number of thiazole rings is 1. The van der Waals surface area contributed by atoms with Crippen LogP contribution in [-0.4, -0.2) is 33.4 Å². The van der Waals surface area contributed by atoms with E-state index in [1.54, 1.807) is 5.38 Å². The lowest BCUT2D eigenvalue weighted by Gasteiger charge is -2.04. The number of anilines is 1. The van der Waals surface area contributed by atoms with Gasteiger partial charge < -0.3 is 9.72 Å².